The van der Waals surface area contributed by atoms with Crippen molar-refractivity contribution in [2.45, 2.75) is 238 Å². The Morgan fingerprint density at radius 2 is 0.863 bits per heavy atom. The summed E-state index contributed by atoms with van der Waals surface area (Å²) in [6.45, 7) is 5.78. The van der Waals surface area contributed by atoms with Gasteiger partial charge in [0.25, 0.3) is 0 Å². The molecule has 51 heavy (non-hydrogen) atoms. The molecule has 0 aliphatic carbocycles. The molecule has 8 heteroatoms. The normalized spacial score (nSPS) is 12.5. The Morgan fingerprint density at radius 3 is 1.25 bits per heavy atom. The van der Waals surface area contributed by atoms with E-state index < -0.39 is 24.0 Å². The SMILES string of the molecule is CCCCCCCCCCCCCCCCOC(=O)CC[C@@H](NC(=O)[C@H](N)CCCCN)C(=O)OCCCCCCCCCCCCCCCC. The molecule has 0 aliphatic rings. The summed E-state index contributed by atoms with van der Waals surface area (Å²) < 4.78 is 11.0. The highest BCUT2D eigenvalue weighted by Gasteiger charge is 2.26. The van der Waals surface area contributed by atoms with Crippen LogP contribution in [0.15, 0.2) is 0 Å². The van der Waals surface area contributed by atoms with Crippen molar-refractivity contribution < 1.29 is 23.9 Å². The minimum absolute atomic E-state index is 0.0416. The summed E-state index contributed by atoms with van der Waals surface area (Å²) in [6, 6.07) is -1.65. The molecule has 302 valence electrons. The first-order valence-corrected chi connectivity index (χ1v) is 22.0. The lowest BCUT2D eigenvalue weighted by atomic mass is 10.0. The zero-order chi connectivity index (χ0) is 37.5. The topological polar surface area (TPSA) is 134 Å². The van der Waals surface area contributed by atoms with Gasteiger partial charge in [0.1, 0.15) is 6.04 Å². The van der Waals surface area contributed by atoms with E-state index in [2.05, 4.69) is 19.2 Å². The van der Waals surface area contributed by atoms with E-state index in [9.17, 15) is 14.4 Å². The van der Waals surface area contributed by atoms with Crippen molar-refractivity contribution in [3.05, 3.63) is 0 Å². The molecule has 8 nitrogen and oxygen atoms in total. The molecule has 0 heterocycles. The number of hydrogen-bond donors (Lipinski definition) is 3. The predicted molar refractivity (Wildman–Crippen MR) is 215 cm³/mol. The predicted octanol–water partition coefficient (Wildman–Crippen LogP) is 10.8. The van der Waals surface area contributed by atoms with Crippen molar-refractivity contribution >= 4 is 17.8 Å². The Kier molecular flexibility index (Phi) is 38.2. The van der Waals surface area contributed by atoms with Crippen LogP contribution in [0.25, 0.3) is 0 Å². The van der Waals surface area contributed by atoms with E-state index in [0.29, 0.717) is 26.2 Å². The number of carbonyl (C=O) groups excluding carboxylic acids is 3. The largest absolute Gasteiger partial charge is 0.466 e. The third kappa shape index (κ3) is 35.1. The molecule has 0 aromatic rings. The second-order valence-electron chi connectivity index (χ2n) is 15.1. The Hall–Kier alpha value is -1.67. The molecule has 0 spiro atoms. The second-order valence-corrected chi connectivity index (χ2v) is 15.1. The van der Waals surface area contributed by atoms with Crippen LogP contribution in [-0.2, 0) is 23.9 Å². The van der Waals surface area contributed by atoms with Crippen LogP contribution in [0.5, 0.6) is 0 Å². The highest BCUT2D eigenvalue weighted by Crippen LogP contribution is 2.15. The standard InChI is InChI=1S/C43H85N3O5/c1-3-5-7-9-11-13-15-17-19-21-23-25-27-31-37-50-41(47)35-34-40(46-42(48)39(45)33-29-30-36-44)43(49)51-38-32-28-26-24-22-20-18-16-14-12-10-8-6-4-2/h39-40H,3-38,44-45H2,1-2H3,(H,46,48)/t39-,40-/m1/s1. The molecule has 0 aromatic heterocycles. The summed E-state index contributed by atoms with van der Waals surface area (Å²) in [5, 5.41) is 2.75. The van der Waals surface area contributed by atoms with Crippen LogP contribution >= 0.6 is 0 Å². The molecule has 0 aromatic carbocycles. The van der Waals surface area contributed by atoms with Gasteiger partial charge in [-0.05, 0) is 38.6 Å². The molecule has 0 rings (SSSR count). The van der Waals surface area contributed by atoms with Crippen molar-refractivity contribution in [1.82, 2.24) is 5.32 Å². The molecular weight excluding hydrogens is 638 g/mol. The van der Waals surface area contributed by atoms with E-state index in [1.54, 1.807) is 0 Å². The molecule has 2 atom stereocenters. The van der Waals surface area contributed by atoms with Crippen molar-refractivity contribution in [2.24, 2.45) is 11.5 Å². The van der Waals surface area contributed by atoms with Gasteiger partial charge in [-0.25, -0.2) is 4.79 Å². The van der Waals surface area contributed by atoms with Crippen LogP contribution in [-0.4, -0.2) is 49.7 Å². The lowest BCUT2D eigenvalue weighted by molar-refractivity contribution is -0.149. The molecular formula is C43H85N3O5. The van der Waals surface area contributed by atoms with Crippen LogP contribution < -0.4 is 16.8 Å². The third-order valence-electron chi connectivity index (χ3n) is 10.0. The number of rotatable bonds is 40. The first-order chi connectivity index (χ1) is 25.0. The number of nitrogens with two attached hydrogens (primary N) is 2. The fourth-order valence-corrected chi connectivity index (χ4v) is 6.55. The molecule has 0 aliphatic heterocycles. The molecule has 0 saturated heterocycles. The Bertz CT molecular complexity index is 781. The van der Waals surface area contributed by atoms with Gasteiger partial charge in [0.2, 0.25) is 5.91 Å². The summed E-state index contributed by atoms with van der Waals surface area (Å²) in [4.78, 5) is 38.2. The fourth-order valence-electron chi connectivity index (χ4n) is 6.55. The van der Waals surface area contributed by atoms with E-state index in [1.807, 2.05) is 0 Å². The summed E-state index contributed by atoms with van der Waals surface area (Å²) >= 11 is 0. The minimum atomic E-state index is -0.918. The van der Waals surface area contributed by atoms with Crippen LogP contribution in [0.4, 0.5) is 0 Å². The summed E-state index contributed by atoms with van der Waals surface area (Å²) in [5.74, 6) is -1.26. The van der Waals surface area contributed by atoms with E-state index in [-0.39, 0.29) is 18.8 Å². The average Bonchev–Trinajstić information content (AvgIpc) is 3.13. The molecule has 5 N–H and O–H groups in total. The van der Waals surface area contributed by atoms with E-state index in [4.69, 9.17) is 20.9 Å². The highest BCUT2D eigenvalue weighted by atomic mass is 16.5. The zero-order valence-corrected chi connectivity index (χ0v) is 33.8. The Morgan fingerprint density at radius 1 is 0.490 bits per heavy atom. The Labute approximate surface area is 315 Å². The highest BCUT2D eigenvalue weighted by molar-refractivity contribution is 5.87. The summed E-state index contributed by atoms with van der Waals surface area (Å²) in [6.07, 6.45) is 37.7. The van der Waals surface area contributed by atoms with Gasteiger partial charge in [-0.3, -0.25) is 9.59 Å². The van der Waals surface area contributed by atoms with Crippen LogP contribution in [0, 0.1) is 0 Å². The van der Waals surface area contributed by atoms with Gasteiger partial charge in [-0.1, -0.05) is 187 Å². The van der Waals surface area contributed by atoms with Gasteiger partial charge in [-0.2, -0.15) is 0 Å². The number of esters is 2. The number of ether oxygens (including phenoxy) is 2. The maximum atomic E-state index is 13.0. The molecule has 0 saturated carbocycles. The third-order valence-corrected chi connectivity index (χ3v) is 10.0. The quantitative estimate of drug-likeness (QED) is 0.0423. The monoisotopic (exact) mass is 724 g/mol. The molecule has 0 radical (unpaired) electrons. The van der Waals surface area contributed by atoms with E-state index in [0.717, 1.165) is 44.9 Å². The van der Waals surface area contributed by atoms with Crippen LogP contribution in [0.1, 0.15) is 226 Å². The molecule has 0 fully saturated rings. The van der Waals surface area contributed by atoms with Gasteiger partial charge in [-0.15, -0.1) is 0 Å². The van der Waals surface area contributed by atoms with Crippen molar-refractivity contribution in [2.75, 3.05) is 19.8 Å². The number of unbranched alkanes of at least 4 members (excludes halogenated alkanes) is 27. The maximum absolute atomic E-state index is 13.0. The summed E-state index contributed by atoms with van der Waals surface area (Å²) in [5.41, 5.74) is 11.6. The number of carbonyl (C=O) groups is 3. The second kappa shape index (κ2) is 39.5. The lowest BCUT2D eigenvalue weighted by Gasteiger charge is -2.20. The summed E-state index contributed by atoms with van der Waals surface area (Å²) in [7, 11) is 0. The van der Waals surface area contributed by atoms with Gasteiger partial charge in [0.05, 0.1) is 19.3 Å². The van der Waals surface area contributed by atoms with E-state index in [1.165, 1.54) is 148 Å². The maximum Gasteiger partial charge on any atom is 0.328 e. The fraction of sp³-hybridized carbons (Fsp3) is 0.930. The number of amides is 1. The van der Waals surface area contributed by atoms with Gasteiger partial charge in [0.15, 0.2) is 0 Å². The van der Waals surface area contributed by atoms with E-state index >= 15 is 0 Å². The first-order valence-electron chi connectivity index (χ1n) is 22.0. The minimum Gasteiger partial charge on any atom is -0.466 e. The molecule has 0 unspecified atom stereocenters. The zero-order valence-electron chi connectivity index (χ0n) is 33.8. The van der Waals surface area contributed by atoms with Crippen LogP contribution in [0.2, 0.25) is 0 Å². The first kappa shape index (κ1) is 49.3. The van der Waals surface area contributed by atoms with Crippen molar-refractivity contribution in [1.29, 1.82) is 0 Å². The van der Waals surface area contributed by atoms with Crippen molar-refractivity contribution in [3.63, 3.8) is 0 Å². The molecule has 1 amide bonds. The van der Waals surface area contributed by atoms with Crippen molar-refractivity contribution in [3.8, 4) is 0 Å². The van der Waals surface area contributed by atoms with Gasteiger partial charge in [0, 0.05) is 6.42 Å². The lowest BCUT2D eigenvalue weighted by Crippen LogP contribution is -2.49. The van der Waals surface area contributed by atoms with Gasteiger partial charge < -0.3 is 26.3 Å². The smallest absolute Gasteiger partial charge is 0.328 e. The molecule has 0 bridgehead atoms. The number of hydrogen-bond acceptors (Lipinski definition) is 7. The Balaban J connectivity index is 4.20. The number of nitrogens with one attached hydrogen (secondary N) is 1. The van der Waals surface area contributed by atoms with Gasteiger partial charge >= 0.3 is 11.9 Å². The average molecular weight is 724 g/mol. The van der Waals surface area contributed by atoms with Crippen LogP contribution in [0.3, 0.4) is 0 Å².